The van der Waals surface area contributed by atoms with Crippen LogP contribution in [0.4, 0.5) is 4.79 Å². The number of carbonyl (C=O) groups excluding carboxylic acids is 1. The second-order valence-electron chi connectivity index (χ2n) is 7.52. The molecule has 0 aromatic heterocycles. The number of ether oxygens (including phenoxy) is 3. The summed E-state index contributed by atoms with van der Waals surface area (Å²) in [6.07, 6.45) is -1.17. The zero-order valence-electron chi connectivity index (χ0n) is 19.5. The second kappa shape index (κ2) is 12.0. The maximum Gasteiger partial charge on any atom is 0.407 e. The van der Waals surface area contributed by atoms with Gasteiger partial charge in [-0.05, 0) is 42.5 Å². The smallest absolute Gasteiger partial charge is 0.407 e. The van der Waals surface area contributed by atoms with E-state index < -0.39 is 18.2 Å². The van der Waals surface area contributed by atoms with Crippen LogP contribution in [0.15, 0.2) is 42.5 Å². The highest BCUT2D eigenvalue weighted by atomic mass is 16.6. The van der Waals surface area contributed by atoms with E-state index in [1.165, 1.54) is 12.0 Å². The number of amides is 1. The lowest BCUT2D eigenvalue weighted by Crippen LogP contribution is -2.37. The van der Waals surface area contributed by atoms with Crippen LogP contribution in [-0.4, -0.2) is 55.0 Å². The van der Waals surface area contributed by atoms with Crippen LogP contribution >= 0.6 is 0 Å². The van der Waals surface area contributed by atoms with Crippen molar-refractivity contribution in [1.82, 2.24) is 4.90 Å². The first-order chi connectivity index (χ1) is 15.4. The van der Waals surface area contributed by atoms with Crippen molar-refractivity contribution in [3.63, 3.8) is 0 Å². The fraction of sp³-hybridized carbons (Fsp3) is 0.440. The first-order valence-corrected chi connectivity index (χ1v) is 10.9. The van der Waals surface area contributed by atoms with E-state index in [0.717, 1.165) is 16.7 Å². The summed E-state index contributed by atoms with van der Waals surface area (Å²) in [5.41, 5.74) is 3.22. The van der Waals surface area contributed by atoms with Crippen molar-refractivity contribution in [2.75, 3.05) is 26.8 Å². The van der Waals surface area contributed by atoms with Gasteiger partial charge in [-0.1, -0.05) is 56.7 Å². The highest BCUT2D eigenvalue weighted by molar-refractivity contribution is 5.75. The van der Waals surface area contributed by atoms with Crippen LogP contribution in [0.3, 0.4) is 0 Å². The number of fused-ring (bicyclic) bond motifs is 1. The van der Waals surface area contributed by atoms with Gasteiger partial charge in [-0.3, -0.25) is 0 Å². The number of carboxylic acid groups (broad SMARTS) is 1. The van der Waals surface area contributed by atoms with E-state index in [1.807, 2.05) is 58.0 Å². The van der Waals surface area contributed by atoms with Gasteiger partial charge in [0.15, 0.2) is 11.5 Å². The number of esters is 1. The third-order valence-electron chi connectivity index (χ3n) is 5.18. The third-order valence-corrected chi connectivity index (χ3v) is 5.18. The maximum absolute atomic E-state index is 11.8. The quantitative estimate of drug-likeness (QED) is 0.627. The number of hydrogen-bond acceptors (Lipinski definition) is 5. The number of nitrogens with zero attached hydrogens (tertiary/aromatic N) is 1. The Labute approximate surface area is 189 Å². The van der Waals surface area contributed by atoms with Crippen LogP contribution in [0.1, 0.15) is 43.4 Å². The Balaban J connectivity index is 0.00000176. The maximum atomic E-state index is 11.8. The zero-order chi connectivity index (χ0) is 23.7. The minimum Gasteiger partial charge on any atom is -0.485 e. The Kier molecular flexibility index (Phi) is 9.38. The van der Waals surface area contributed by atoms with Crippen molar-refractivity contribution in [2.24, 2.45) is 0 Å². The summed E-state index contributed by atoms with van der Waals surface area (Å²) in [7, 11) is 1.30. The first-order valence-electron chi connectivity index (χ1n) is 10.9. The molecule has 0 aliphatic carbocycles. The van der Waals surface area contributed by atoms with Gasteiger partial charge in [-0.15, -0.1) is 0 Å². The lowest BCUT2D eigenvalue weighted by Gasteiger charge is -2.26. The predicted molar refractivity (Wildman–Crippen MR) is 123 cm³/mol. The van der Waals surface area contributed by atoms with Crippen LogP contribution in [0, 0.1) is 6.92 Å². The van der Waals surface area contributed by atoms with Crippen molar-refractivity contribution in [2.45, 2.75) is 46.1 Å². The van der Waals surface area contributed by atoms with Crippen LogP contribution in [0.2, 0.25) is 0 Å². The standard InChI is InChI=1S/C23H27NO6.C2H6/c1-15-5-4-6-18(11-15)16(2)13-24(23(26)27)10-9-17-7-8-19-20(12-17)29-14-21(30-19)22(25)28-3;1-2/h4-8,11-12,16,21H,9-10,13-14H2,1-3H3,(H,26,27);1-2H3. The molecule has 174 valence electrons. The molecule has 1 aliphatic rings. The van der Waals surface area contributed by atoms with Crippen LogP contribution in [0.5, 0.6) is 11.5 Å². The fourth-order valence-electron chi connectivity index (χ4n) is 3.46. The molecule has 1 heterocycles. The number of aryl methyl sites for hydroxylation is 1. The van der Waals surface area contributed by atoms with Gasteiger partial charge in [-0.2, -0.15) is 0 Å². The molecule has 0 saturated heterocycles. The van der Waals surface area contributed by atoms with Crippen molar-refractivity contribution in [1.29, 1.82) is 0 Å². The summed E-state index contributed by atoms with van der Waals surface area (Å²) < 4.78 is 15.9. The summed E-state index contributed by atoms with van der Waals surface area (Å²) >= 11 is 0. The summed E-state index contributed by atoms with van der Waals surface area (Å²) in [5, 5.41) is 9.64. The Bertz CT molecular complexity index is 913. The Morgan fingerprint density at radius 3 is 2.59 bits per heavy atom. The average molecular weight is 444 g/mol. The Morgan fingerprint density at radius 1 is 1.19 bits per heavy atom. The molecule has 3 rings (SSSR count). The minimum absolute atomic E-state index is 0.0817. The van der Waals surface area contributed by atoms with Crippen molar-refractivity contribution in [3.05, 3.63) is 59.2 Å². The fourth-order valence-corrected chi connectivity index (χ4v) is 3.46. The first kappa shape index (κ1) is 25.0. The van der Waals surface area contributed by atoms with Gasteiger partial charge in [0, 0.05) is 13.1 Å². The summed E-state index contributed by atoms with van der Waals surface area (Å²) in [5.74, 6) is 0.632. The largest absolute Gasteiger partial charge is 0.485 e. The molecule has 7 heteroatoms. The van der Waals surface area contributed by atoms with Crippen molar-refractivity contribution >= 4 is 12.1 Å². The third kappa shape index (κ3) is 6.64. The van der Waals surface area contributed by atoms with Gasteiger partial charge in [0.25, 0.3) is 0 Å². The minimum atomic E-state index is -0.937. The summed E-state index contributed by atoms with van der Waals surface area (Å²) in [6.45, 7) is 8.94. The second-order valence-corrected chi connectivity index (χ2v) is 7.52. The van der Waals surface area contributed by atoms with E-state index in [4.69, 9.17) is 9.47 Å². The molecule has 0 radical (unpaired) electrons. The summed E-state index contributed by atoms with van der Waals surface area (Å²) in [4.78, 5) is 24.8. The van der Waals surface area contributed by atoms with Crippen LogP contribution in [-0.2, 0) is 16.0 Å². The van der Waals surface area contributed by atoms with Gasteiger partial charge in [0.2, 0.25) is 6.10 Å². The number of rotatable bonds is 7. The monoisotopic (exact) mass is 443 g/mol. The number of hydrogen-bond donors (Lipinski definition) is 1. The molecule has 1 amide bonds. The van der Waals surface area contributed by atoms with Crippen LogP contribution in [0.25, 0.3) is 0 Å². The lowest BCUT2D eigenvalue weighted by molar-refractivity contribution is -0.151. The lowest BCUT2D eigenvalue weighted by atomic mass is 9.99. The molecule has 0 fully saturated rings. The molecule has 7 nitrogen and oxygen atoms in total. The topological polar surface area (TPSA) is 85.3 Å². The number of benzene rings is 2. The highest BCUT2D eigenvalue weighted by Gasteiger charge is 2.28. The molecule has 0 saturated carbocycles. The Hall–Kier alpha value is -3.22. The normalized spacial score (nSPS) is 15.1. The van der Waals surface area contributed by atoms with E-state index in [9.17, 15) is 14.7 Å². The number of methoxy groups -OCH3 is 1. The van der Waals surface area contributed by atoms with Crippen molar-refractivity contribution in [3.8, 4) is 11.5 Å². The molecule has 0 bridgehead atoms. The van der Waals surface area contributed by atoms with E-state index in [1.54, 1.807) is 6.07 Å². The molecule has 32 heavy (non-hydrogen) atoms. The molecule has 0 spiro atoms. The molecule has 1 N–H and O–H groups in total. The Morgan fingerprint density at radius 2 is 1.94 bits per heavy atom. The van der Waals surface area contributed by atoms with Gasteiger partial charge >= 0.3 is 12.1 Å². The van der Waals surface area contributed by atoms with Gasteiger partial charge in [-0.25, -0.2) is 9.59 Å². The summed E-state index contributed by atoms with van der Waals surface area (Å²) in [6, 6.07) is 13.6. The zero-order valence-corrected chi connectivity index (χ0v) is 19.5. The van der Waals surface area contributed by atoms with E-state index >= 15 is 0 Å². The number of carbonyl (C=O) groups is 2. The molecule has 2 atom stereocenters. The van der Waals surface area contributed by atoms with E-state index in [0.29, 0.717) is 31.0 Å². The average Bonchev–Trinajstić information content (AvgIpc) is 2.81. The molecule has 2 aromatic rings. The molecule has 2 aromatic carbocycles. The highest BCUT2D eigenvalue weighted by Crippen LogP contribution is 2.33. The molecular formula is C25H33NO6. The molecule has 2 unspecified atom stereocenters. The SMILES string of the molecule is CC.COC(=O)C1COc2cc(CCN(CC(C)c3cccc(C)c3)C(=O)O)ccc2O1. The van der Waals surface area contributed by atoms with E-state index in [2.05, 4.69) is 10.8 Å². The van der Waals surface area contributed by atoms with Gasteiger partial charge in [0.1, 0.15) is 6.61 Å². The van der Waals surface area contributed by atoms with Crippen molar-refractivity contribution < 1.29 is 28.9 Å². The predicted octanol–water partition coefficient (Wildman–Crippen LogP) is 4.66. The van der Waals surface area contributed by atoms with E-state index in [-0.39, 0.29) is 12.5 Å². The molecule has 1 aliphatic heterocycles. The van der Waals surface area contributed by atoms with Crippen LogP contribution < -0.4 is 9.47 Å². The molecular weight excluding hydrogens is 410 g/mol. The van der Waals surface area contributed by atoms with Gasteiger partial charge < -0.3 is 24.2 Å². The van der Waals surface area contributed by atoms with Gasteiger partial charge in [0.05, 0.1) is 7.11 Å².